The van der Waals surface area contributed by atoms with Crippen molar-refractivity contribution in [2.24, 2.45) is 11.8 Å². The molecule has 3 aliphatic rings. The Bertz CT molecular complexity index is 1400. The summed E-state index contributed by atoms with van der Waals surface area (Å²) >= 11 is 0. The Morgan fingerprint density at radius 1 is 0.816 bits per heavy atom. The summed E-state index contributed by atoms with van der Waals surface area (Å²) in [6.07, 6.45) is -1.72. The minimum Gasteiger partial charge on any atom is -0.492 e. The van der Waals surface area contributed by atoms with Crippen LogP contribution in [0.5, 0.6) is 34.5 Å². The van der Waals surface area contributed by atoms with Gasteiger partial charge in [0.25, 0.3) is 0 Å². The number of methoxy groups -OCH3 is 2. The zero-order valence-corrected chi connectivity index (χ0v) is 21.5. The number of fused-ring (bicyclic) bond motifs is 5. The van der Waals surface area contributed by atoms with Gasteiger partial charge in [0.2, 0.25) is 25.1 Å². The van der Waals surface area contributed by atoms with Crippen LogP contribution in [0.1, 0.15) is 47.5 Å². The number of aliphatic hydroxyl groups is 1. The third-order valence-electron chi connectivity index (χ3n) is 7.63. The van der Waals surface area contributed by atoms with Gasteiger partial charge in [-0.25, -0.2) is 4.79 Å². The molecule has 0 bridgehead atoms. The maximum Gasteiger partial charge on any atom is 0.338 e. The van der Waals surface area contributed by atoms with Crippen LogP contribution in [-0.2, 0) is 4.74 Å². The number of hydrogen-bond acceptors (Lipinski definition) is 9. The highest BCUT2D eigenvalue weighted by Crippen LogP contribution is 2.60. The number of benzene rings is 3. The summed E-state index contributed by atoms with van der Waals surface area (Å²) in [7, 11) is 3.06. The maximum atomic E-state index is 13.3. The fourth-order valence-electron chi connectivity index (χ4n) is 5.48. The second kappa shape index (κ2) is 9.33. The van der Waals surface area contributed by atoms with Crippen LogP contribution in [0.4, 0.5) is 0 Å². The van der Waals surface area contributed by atoms with Crippen molar-refractivity contribution >= 4 is 5.97 Å². The first-order chi connectivity index (χ1) is 18.4. The number of carbonyl (C=O) groups is 1. The lowest BCUT2D eigenvalue weighted by Gasteiger charge is -2.37. The summed E-state index contributed by atoms with van der Waals surface area (Å²) in [5, 5.41) is 11.7. The van der Waals surface area contributed by atoms with E-state index in [0.29, 0.717) is 62.3 Å². The van der Waals surface area contributed by atoms with Crippen molar-refractivity contribution in [2.45, 2.75) is 26.1 Å². The summed E-state index contributed by atoms with van der Waals surface area (Å²) in [6, 6.07) is 12.4. The van der Waals surface area contributed by atoms with Crippen molar-refractivity contribution < 1.29 is 43.1 Å². The van der Waals surface area contributed by atoms with Gasteiger partial charge in [0, 0.05) is 22.6 Å². The summed E-state index contributed by atoms with van der Waals surface area (Å²) in [5.74, 6) is 1.42. The molecule has 0 fully saturated rings. The predicted molar refractivity (Wildman–Crippen MR) is 135 cm³/mol. The molecule has 1 N–H and O–H groups in total. The van der Waals surface area contributed by atoms with Gasteiger partial charge in [-0.3, -0.25) is 0 Å². The average Bonchev–Trinajstić information content (AvgIpc) is 3.62. The van der Waals surface area contributed by atoms with Gasteiger partial charge in [0.1, 0.15) is 6.10 Å². The van der Waals surface area contributed by atoms with Gasteiger partial charge < -0.3 is 38.3 Å². The van der Waals surface area contributed by atoms with Crippen molar-refractivity contribution in [3.63, 3.8) is 0 Å². The second-order valence-electron chi connectivity index (χ2n) is 9.57. The predicted octanol–water partition coefficient (Wildman–Crippen LogP) is 5.05. The highest BCUT2D eigenvalue weighted by Gasteiger charge is 2.43. The van der Waals surface area contributed by atoms with Crippen molar-refractivity contribution in [2.75, 3.05) is 27.8 Å². The van der Waals surface area contributed by atoms with E-state index in [9.17, 15) is 9.90 Å². The number of ether oxygens (including phenoxy) is 7. The molecule has 2 heterocycles. The molecule has 2 aliphatic heterocycles. The fraction of sp³-hybridized carbons (Fsp3) is 0.345. The molecule has 0 radical (unpaired) electrons. The smallest absolute Gasteiger partial charge is 0.338 e. The third-order valence-corrected chi connectivity index (χ3v) is 7.63. The van der Waals surface area contributed by atoms with E-state index in [-0.39, 0.29) is 25.4 Å². The van der Waals surface area contributed by atoms with Crippen molar-refractivity contribution in [3.8, 4) is 45.6 Å². The first-order valence-corrected chi connectivity index (χ1v) is 12.4. The molecule has 0 saturated carbocycles. The Kier molecular flexibility index (Phi) is 5.95. The number of aliphatic hydroxyl groups excluding tert-OH is 1. The molecule has 4 atom stereocenters. The van der Waals surface area contributed by atoms with Crippen molar-refractivity contribution in [1.82, 2.24) is 0 Å². The Morgan fingerprint density at radius 3 is 1.95 bits per heavy atom. The Labute approximate surface area is 219 Å². The van der Waals surface area contributed by atoms with E-state index in [0.717, 1.165) is 0 Å². The van der Waals surface area contributed by atoms with Crippen LogP contribution in [0.3, 0.4) is 0 Å². The molecule has 3 aromatic rings. The maximum absolute atomic E-state index is 13.3. The van der Waals surface area contributed by atoms with Crippen LogP contribution in [0.2, 0.25) is 0 Å². The molecule has 0 spiro atoms. The first kappa shape index (κ1) is 24.2. The molecule has 38 heavy (non-hydrogen) atoms. The fourth-order valence-corrected chi connectivity index (χ4v) is 5.48. The Morgan fingerprint density at radius 2 is 1.37 bits per heavy atom. The van der Waals surface area contributed by atoms with Crippen LogP contribution < -0.4 is 28.4 Å². The van der Waals surface area contributed by atoms with Gasteiger partial charge >= 0.3 is 5.97 Å². The van der Waals surface area contributed by atoms with Crippen molar-refractivity contribution in [3.05, 3.63) is 59.2 Å². The van der Waals surface area contributed by atoms with E-state index in [1.54, 1.807) is 30.3 Å². The number of rotatable bonds is 4. The molecule has 1 aliphatic carbocycles. The summed E-state index contributed by atoms with van der Waals surface area (Å²) < 4.78 is 41.0. The number of hydrogen-bond donors (Lipinski definition) is 1. The highest BCUT2D eigenvalue weighted by molar-refractivity contribution is 5.91. The molecule has 0 unspecified atom stereocenters. The first-order valence-electron chi connectivity index (χ1n) is 12.4. The molecule has 6 rings (SSSR count). The van der Waals surface area contributed by atoms with E-state index in [1.807, 2.05) is 26.0 Å². The van der Waals surface area contributed by atoms with Gasteiger partial charge in [-0.15, -0.1) is 0 Å². The van der Waals surface area contributed by atoms with Gasteiger partial charge in [0.05, 0.1) is 25.9 Å². The molecular formula is C29H28O9. The van der Waals surface area contributed by atoms with Gasteiger partial charge in [-0.05, 0) is 35.7 Å². The van der Waals surface area contributed by atoms with E-state index in [2.05, 4.69) is 0 Å². The molecule has 0 saturated heterocycles. The Hall–Kier alpha value is -4.11. The van der Waals surface area contributed by atoms with E-state index < -0.39 is 18.2 Å². The zero-order valence-electron chi connectivity index (χ0n) is 21.5. The largest absolute Gasteiger partial charge is 0.492 e. The Balaban J connectivity index is 1.66. The zero-order chi connectivity index (χ0) is 26.6. The second-order valence-corrected chi connectivity index (χ2v) is 9.57. The lowest BCUT2D eigenvalue weighted by Crippen LogP contribution is -2.29. The van der Waals surface area contributed by atoms with E-state index in [1.165, 1.54) is 14.2 Å². The summed E-state index contributed by atoms with van der Waals surface area (Å²) in [4.78, 5) is 13.3. The molecule has 0 amide bonds. The molecular weight excluding hydrogens is 492 g/mol. The lowest BCUT2D eigenvalue weighted by atomic mass is 9.74. The van der Waals surface area contributed by atoms with Gasteiger partial charge in [-0.2, -0.15) is 0 Å². The molecule has 9 nitrogen and oxygen atoms in total. The minimum atomic E-state index is -0.954. The standard InChI is InChI=1S/C29H28O9/c1-14-15(2)24(38-29(31)16-8-6-5-7-9-16)18-11-20-26(37-13-35-20)28(33-4)22(18)21-17(23(14)30)10-19-25(27(21)32-3)36-12-34-19/h5-11,14-15,23-24,30H,12-13H2,1-4H3/t14-,15+,23+,24-/m1/s1. The van der Waals surface area contributed by atoms with Crippen LogP contribution >= 0.6 is 0 Å². The van der Waals surface area contributed by atoms with Crippen molar-refractivity contribution in [1.29, 1.82) is 0 Å². The molecule has 9 heteroatoms. The molecule has 0 aromatic heterocycles. The lowest BCUT2D eigenvalue weighted by molar-refractivity contribution is -0.0135. The van der Waals surface area contributed by atoms with E-state index in [4.69, 9.17) is 33.2 Å². The topological polar surface area (TPSA) is 102 Å². The molecule has 198 valence electrons. The minimum absolute atomic E-state index is 0.0166. The number of esters is 1. The molecule has 3 aromatic carbocycles. The van der Waals surface area contributed by atoms with Gasteiger partial charge in [-0.1, -0.05) is 32.0 Å². The highest BCUT2D eigenvalue weighted by atomic mass is 16.7. The normalized spacial score (nSPS) is 22.6. The van der Waals surface area contributed by atoms with Crippen LogP contribution in [-0.4, -0.2) is 38.9 Å². The quantitative estimate of drug-likeness (QED) is 0.474. The summed E-state index contributed by atoms with van der Waals surface area (Å²) in [6.45, 7) is 3.92. The van der Waals surface area contributed by atoms with E-state index >= 15 is 0 Å². The van der Waals surface area contributed by atoms with Gasteiger partial charge in [0.15, 0.2) is 23.0 Å². The summed E-state index contributed by atoms with van der Waals surface area (Å²) in [5.41, 5.74) is 2.75. The van der Waals surface area contributed by atoms with Crippen LogP contribution in [0, 0.1) is 11.8 Å². The number of carbonyl (C=O) groups excluding carboxylic acids is 1. The SMILES string of the molecule is COc1c2c(cc3c1-c1c(cc4c(c1OC)OCO4)[C@H](OC(=O)c1ccccc1)[C@@H](C)[C@@H](C)[C@@H]3O)OCO2. The average molecular weight is 521 g/mol. The van der Waals surface area contributed by atoms with Crippen LogP contribution in [0.25, 0.3) is 11.1 Å². The van der Waals surface area contributed by atoms with Crippen LogP contribution in [0.15, 0.2) is 42.5 Å². The monoisotopic (exact) mass is 520 g/mol. The third kappa shape index (κ3) is 3.60.